The van der Waals surface area contributed by atoms with E-state index in [2.05, 4.69) is 47.6 Å². The monoisotopic (exact) mass is 360 g/mol. The second-order valence-corrected chi connectivity index (χ2v) is 7.26. The number of para-hydroxylation sites is 1. The van der Waals surface area contributed by atoms with Crippen molar-refractivity contribution in [3.63, 3.8) is 0 Å². The SMILES string of the molecule is CSc1c(CC(N)=O)c(Cc2ccccc2)cc2c1[nH]c1ccccc12. The van der Waals surface area contributed by atoms with Crippen LogP contribution in [0, 0.1) is 0 Å². The summed E-state index contributed by atoms with van der Waals surface area (Å²) >= 11 is 1.67. The maximum atomic E-state index is 11.8. The molecule has 1 aromatic heterocycles. The van der Waals surface area contributed by atoms with Crippen LogP contribution in [0.1, 0.15) is 16.7 Å². The predicted molar refractivity (Wildman–Crippen MR) is 110 cm³/mol. The van der Waals surface area contributed by atoms with Gasteiger partial charge in [0.2, 0.25) is 5.91 Å². The van der Waals surface area contributed by atoms with Crippen molar-refractivity contribution < 1.29 is 4.79 Å². The van der Waals surface area contributed by atoms with Gasteiger partial charge in [-0.25, -0.2) is 0 Å². The van der Waals surface area contributed by atoms with Gasteiger partial charge in [-0.2, -0.15) is 0 Å². The van der Waals surface area contributed by atoms with Gasteiger partial charge in [-0.05, 0) is 41.5 Å². The van der Waals surface area contributed by atoms with Gasteiger partial charge < -0.3 is 10.7 Å². The highest BCUT2D eigenvalue weighted by Gasteiger charge is 2.18. The first-order valence-corrected chi connectivity index (χ1v) is 9.81. The largest absolute Gasteiger partial charge is 0.369 e. The Kier molecular flexibility index (Phi) is 4.43. The van der Waals surface area contributed by atoms with Crippen LogP contribution in [-0.2, 0) is 17.6 Å². The standard InChI is InChI=1S/C22H20N2OS/c1-26-22-17(13-20(23)25)15(11-14-7-3-2-4-8-14)12-18-16-9-5-6-10-19(16)24-21(18)22/h2-10,12,24H,11,13H2,1H3,(H2,23,25). The lowest BCUT2D eigenvalue weighted by atomic mass is 9.95. The number of rotatable bonds is 5. The first kappa shape index (κ1) is 16.7. The summed E-state index contributed by atoms with van der Waals surface area (Å²) in [6.07, 6.45) is 3.09. The van der Waals surface area contributed by atoms with Crippen LogP contribution in [0.25, 0.3) is 21.8 Å². The van der Waals surface area contributed by atoms with E-state index in [1.807, 2.05) is 24.3 Å². The first-order valence-electron chi connectivity index (χ1n) is 8.58. The summed E-state index contributed by atoms with van der Waals surface area (Å²) in [5, 5.41) is 2.40. The normalized spacial score (nSPS) is 11.3. The van der Waals surface area contributed by atoms with Gasteiger partial charge in [-0.1, -0.05) is 48.5 Å². The molecule has 3 nitrogen and oxygen atoms in total. The van der Waals surface area contributed by atoms with Crippen LogP contribution in [0.3, 0.4) is 0 Å². The Morgan fingerprint density at radius 3 is 2.50 bits per heavy atom. The summed E-state index contributed by atoms with van der Waals surface area (Å²) in [5.74, 6) is -0.301. The van der Waals surface area contributed by atoms with Crippen LogP contribution in [0.5, 0.6) is 0 Å². The number of fused-ring (bicyclic) bond motifs is 3. The van der Waals surface area contributed by atoms with E-state index < -0.39 is 0 Å². The molecule has 0 unspecified atom stereocenters. The number of hydrogen-bond donors (Lipinski definition) is 2. The van der Waals surface area contributed by atoms with Crippen LogP contribution in [0.2, 0.25) is 0 Å². The number of aromatic nitrogens is 1. The zero-order chi connectivity index (χ0) is 18.1. The summed E-state index contributed by atoms with van der Waals surface area (Å²) in [5.41, 5.74) is 11.2. The van der Waals surface area contributed by atoms with E-state index in [0.29, 0.717) is 0 Å². The van der Waals surface area contributed by atoms with Crippen LogP contribution in [0.4, 0.5) is 0 Å². The van der Waals surface area contributed by atoms with Crippen molar-refractivity contribution in [2.45, 2.75) is 17.7 Å². The number of amides is 1. The zero-order valence-corrected chi connectivity index (χ0v) is 15.4. The van der Waals surface area contributed by atoms with Crippen LogP contribution in [-0.4, -0.2) is 17.1 Å². The second kappa shape index (κ2) is 6.89. The zero-order valence-electron chi connectivity index (χ0n) is 14.6. The third kappa shape index (κ3) is 2.97. The number of primary amides is 1. The Morgan fingerprint density at radius 1 is 1.04 bits per heavy atom. The maximum absolute atomic E-state index is 11.8. The number of nitrogens with two attached hydrogens (primary N) is 1. The number of carbonyl (C=O) groups is 1. The molecule has 0 bridgehead atoms. The number of hydrogen-bond acceptors (Lipinski definition) is 2. The Labute approximate surface area is 156 Å². The minimum Gasteiger partial charge on any atom is -0.369 e. The molecule has 0 saturated heterocycles. The molecular formula is C22H20N2OS. The molecule has 0 aliphatic rings. The number of nitrogens with one attached hydrogen (secondary N) is 1. The Bertz CT molecular complexity index is 1100. The molecule has 0 saturated carbocycles. The molecule has 26 heavy (non-hydrogen) atoms. The van der Waals surface area contributed by atoms with Crippen molar-refractivity contribution in [1.29, 1.82) is 0 Å². The highest BCUT2D eigenvalue weighted by atomic mass is 32.2. The predicted octanol–water partition coefficient (Wildman–Crippen LogP) is 4.66. The summed E-state index contributed by atoms with van der Waals surface area (Å²) in [7, 11) is 0. The molecule has 0 spiro atoms. The fourth-order valence-electron chi connectivity index (χ4n) is 3.62. The van der Waals surface area contributed by atoms with Gasteiger partial charge in [-0.3, -0.25) is 4.79 Å². The topological polar surface area (TPSA) is 58.9 Å². The third-order valence-corrected chi connectivity index (χ3v) is 5.60. The fraction of sp³-hybridized carbons (Fsp3) is 0.136. The van der Waals surface area contributed by atoms with Crippen molar-refractivity contribution >= 4 is 39.5 Å². The van der Waals surface area contributed by atoms with Crippen LogP contribution < -0.4 is 5.73 Å². The smallest absolute Gasteiger partial charge is 0.221 e. The lowest BCUT2D eigenvalue weighted by Crippen LogP contribution is -2.16. The molecule has 0 fully saturated rings. The molecule has 3 aromatic carbocycles. The van der Waals surface area contributed by atoms with Gasteiger partial charge in [-0.15, -0.1) is 11.8 Å². The van der Waals surface area contributed by atoms with Gasteiger partial charge >= 0.3 is 0 Å². The number of H-pyrrole nitrogens is 1. The average Bonchev–Trinajstić information content (AvgIpc) is 3.01. The molecule has 4 rings (SSSR count). The molecule has 130 valence electrons. The van der Waals surface area contributed by atoms with Crippen molar-refractivity contribution in [2.75, 3.05) is 6.26 Å². The van der Waals surface area contributed by atoms with E-state index in [0.717, 1.165) is 33.5 Å². The molecule has 0 aliphatic carbocycles. The number of benzene rings is 3. The number of aromatic amines is 1. The lowest BCUT2D eigenvalue weighted by Gasteiger charge is -2.14. The molecular weight excluding hydrogens is 340 g/mol. The van der Waals surface area contributed by atoms with Crippen molar-refractivity contribution in [2.24, 2.45) is 5.73 Å². The summed E-state index contributed by atoms with van der Waals surface area (Å²) in [4.78, 5) is 16.4. The molecule has 3 N–H and O–H groups in total. The molecule has 1 amide bonds. The van der Waals surface area contributed by atoms with Crippen LogP contribution in [0.15, 0.2) is 65.6 Å². The van der Waals surface area contributed by atoms with Gasteiger partial charge in [0.05, 0.1) is 11.9 Å². The van der Waals surface area contributed by atoms with Gasteiger partial charge in [0.1, 0.15) is 0 Å². The van der Waals surface area contributed by atoms with E-state index in [-0.39, 0.29) is 12.3 Å². The van der Waals surface area contributed by atoms with E-state index >= 15 is 0 Å². The Morgan fingerprint density at radius 2 is 1.77 bits per heavy atom. The maximum Gasteiger partial charge on any atom is 0.221 e. The van der Waals surface area contributed by atoms with E-state index in [1.165, 1.54) is 16.3 Å². The first-order chi connectivity index (χ1) is 12.7. The lowest BCUT2D eigenvalue weighted by molar-refractivity contribution is -0.117. The van der Waals surface area contributed by atoms with Gasteiger partial charge in [0.25, 0.3) is 0 Å². The van der Waals surface area contributed by atoms with Crippen molar-refractivity contribution in [3.8, 4) is 0 Å². The molecule has 4 heteroatoms. The van der Waals surface area contributed by atoms with E-state index in [1.54, 1.807) is 11.8 Å². The molecule has 0 radical (unpaired) electrons. The molecule has 0 atom stereocenters. The second-order valence-electron chi connectivity index (χ2n) is 6.45. The Balaban J connectivity index is 2.00. The van der Waals surface area contributed by atoms with Gasteiger partial charge in [0, 0.05) is 21.2 Å². The third-order valence-electron chi connectivity index (χ3n) is 4.75. The highest BCUT2D eigenvalue weighted by Crippen LogP contribution is 2.37. The van der Waals surface area contributed by atoms with Gasteiger partial charge in [0.15, 0.2) is 0 Å². The van der Waals surface area contributed by atoms with Crippen molar-refractivity contribution in [3.05, 3.63) is 77.4 Å². The highest BCUT2D eigenvalue weighted by molar-refractivity contribution is 7.98. The fourth-order valence-corrected chi connectivity index (χ4v) is 4.43. The Hall–Kier alpha value is -2.72. The number of carbonyl (C=O) groups excluding carboxylic acids is 1. The number of thioether (sulfide) groups is 1. The van der Waals surface area contributed by atoms with Crippen LogP contribution >= 0.6 is 11.8 Å². The minimum atomic E-state index is -0.301. The average molecular weight is 360 g/mol. The summed E-state index contributed by atoms with van der Waals surface area (Å²) < 4.78 is 0. The molecule has 4 aromatic rings. The van der Waals surface area contributed by atoms with Crippen molar-refractivity contribution in [1.82, 2.24) is 4.98 Å². The minimum absolute atomic E-state index is 0.254. The molecule has 1 heterocycles. The summed E-state index contributed by atoms with van der Waals surface area (Å²) in [6, 6.07) is 20.9. The van der Waals surface area contributed by atoms with E-state index in [4.69, 9.17) is 5.73 Å². The van der Waals surface area contributed by atoms with E-state index in [9.17, 15) is 4.79 Å². The quantitative estimate of drug-likeness (QED) is 0.509. The molecule has 0 aliphatic heterocycles. The summed E-state index contributed by atoms with van der Waals surface area (Å²) in [6.45, 7) is 0.